The number of hydrogen-bond acceptors (Lipinski definition) is 3. The van der Waals surface area contributed by atoms with Crippen molar-refractivity contribution < 1.29 is 9.53 Å². The minimum absolute atomic E-state index is 0.154. The molecule has 1 heterocycles. The van der Waals surface area contributed by atoms with Crippen molar-refractivity contribution >= 4 is 5.91 Å². The molecule has 2 aliphatic rings. The molecular weight excluding hydrogens is 252 g/mol. The van der Waals surface area contributed by atoms with Crippen molar-refractivity contribution in [3.05, 3.63) is 0 Å². The zero-order valence-corrected chi connectivity index (χ0v) is 12.9. The van der Waals surface area contributed by atoms with Crippen molar-refractivity contribution in [2.45, 2.75) is 82.9 Å². The van der Waals surface area contributed by atoms with Gasteiger partial charge in [-0.3, -0.25) is 4.79 Å². The van der Waals surface area contributed by atoms with E-state index in [9.17, 15) is 4.79 Å². The van der Waals surface area contributed by atoms with Gasteiger partial charge in [0.15, 0.2) is 0 Å². The summed E-state index contributed by atoms with van der Waals surface area (Å²) in [5.74, 6) is 0.291. The van der Waals surface area contributed by atoms with E-state index < -0.39 is 0 Å². The first-order valence-electron chi connectivity index (χ1n) is 8.37. The summed E-state index contributed by atoms with van der Waals surface area (Å²) in [5, 5.41) is 0. The number of nitrogens with zero attached hydrogens (tertiary/aromatic N) is 1. The minimum atomic E-state index is 0.154. The SMILES string of the molecule is CCCN(C(=O)CC1CCCCO1)C1CCC(N)CC1. The Hall–Kier alpha value is -0.610. The van der Waals surface area contributed by atoms with E-state index in [2.05, 4.69) is 11.8 Å². The Morgan fingerprint density at radius 2 is 1.95 bits per heavy atom. The summed E-state index contributed by atoms with van der Waals surface area (Å²) in [6.45, 7) is 3.85. The van der Waals surface area contributed by atoms with Crippen molar-refractivity contribution in [1.82, 2.24) is 4.90 Å². The van der Waals surface area contributed by atoms with E-state index in [1.54, 1.807) is 0 Å². The molecule has 4 heteroatoms. The van der Waals surface area contributed by atoms with Crippen LogP contribution in [0.4, 0.5) is 0 Å². The van der Waals surface area contributed by atoms with Crippen LogP contribution in [-0.2, 0) is 9.53 Å². The van der Waals surface area contributed by atoms with Gasteiger partial charge < -0.3 is 15.4 Å². The average molecular weight is 282 g/mol. The van der Waals surface area contributed by atoms with Crippen LogP contribution in [-0.4, -0.2) is 42.1 Å². The van der Waals surface area contributed by atoms with Gasteiger partial charge in [-0.15, -0.1) is 0 Å². The molecule has 0 radical (unpaired) electrons. The number of carbonyl (C=O) groups is 1. The highest BCUT2D eigenvalue weighted by molar-refractivity contribution is 5.77. The molecule has 0 spiro atoms. The summed E-state index contributed by atoms with van der Waals surface area (Å²) in [5.41, 5.74) is 5.97. The van der Waals surface area contributed by atoms with Crippen LogP contribution in [0.5, 0.6) is 0 Å². The second-order valence-electron chi connectivity index (χ2n) is 6.35. The maximum Gasteiger partial charge on any atom is 0.225 e. The van der Waals surface area contributed by atoms with E-state index in [0.29, 0.717) is 24.4 Å². The Labute approximate surface area is 123 Å². The molecule has 0 bridgehead atoms. The van der Waals surface area contributed by atoms with E-state index in [4.69, 9.17) is 10.5 Å². The van der Waals surface area contributed by atoms with E-state index in [-0.39, 0.29) is 6.10 Å². The quantitative estimate of drug-likeness (QED) is 0.842. The molecule has 116 valence electrons. The van der Waals surface area contributed by atoms with Gasteiger partial charge in [0.2, 0.25) is 5.91 Å². The highest BCUT2D eigenvalue weighted by Crippen LogP contribution is 2.24. The summed E-state index contributed by atoms with van der Waals surface area (Å²) < 4.78 is 5.71. The third-order valence-electron chi connectivity index (χ3n) is 4.64. The predicted molar refractivity (Wildman–Crippen MR) is 80.4 cm³/mol. The first-order chi connectivity index (χ1) is 9.70. The van der Waals surface area contributed by atoms with Gasteiger partial charge in [-0.1, -0.05) is 6.92 Å². The monoisotopic (exact) mass is 282 g/mol. The van der Waals surface area contributed by atoms with Crippen molar-refractivity contribution in [3.63, 3.8) is 0 Å². The Morgan fingerprint density at radius 3 is 2.55 bits per heavy atom. The molecule has 2 rings (SSSR count). The number of nitrogens with two attached hydrogens (primary N) is 1. The zero-order chi connectivity index (χ0) is 14.4. The molecule has 0 aromatic heterocycles. The lowest BCUT2D eigenvalue weighted by atomic mass is 9.90. The molecule has 0 aromatic carbocycles. The van der Waals surface area contributed by atoms with Crippen LogP contribution < -0.4 is 5.73 Å². The second-order valence-corrected chi connectivity index (χ2v) is 6.35. The molecule has 0 aromatic rings. The predicted octanol–water partition coefficient (Wildman–Crippen LogP) is 2.45. The molecule has 1 saturated carbocycles. The van der Waals surface area contributed by atoms with Gasteiger partial charge in [-0.25, -0.2) is 0 Å². The minimum Gasteiger partial charge on any atom is -0.378 e. The van der Waals surface area contributed by atoms with E-state index in [1.165, 1.54) is 6.42 Å². The van der Waals surface area contributed by atoms with Gasteiger partial charge >= 0.3 is 0 Å². The molecule has 1 atom stereocenters. The number of amides is 1. The molecule has 1 amide bonds. The van der Waals surface area contributed by atoms with Gasteiger partial charge in [0.05, 0.1) is 12.5 Å². The Morgan fingerprint density at radius 1 is 1.20 bits per heavy atom. The fourth-order valence-corrected chi connectivity index (χ4v) is 3.45. The smallest absolute Gasteiger partial charge is 0.225 e. The molecule has 1 aliphatic heterocycles. The summed E-state index contributed by atoms with van der Waals surface area (Å²) in [6.07, 6.45) is 9.38. The molecule has 2 fully saturated rings. The standard InChI is InChI=1S/C16H30N2O2/c1-2-10-18(14-8-6-13(17)7-9-14)16(19)12-15-5-3-4-11-20-15/h13-15H,2-12,17H2,1H3. The van der Waals surface area contributed by atoms with Crippen LogP contribution in [0, 0.1) is 0 Å². The lowest BCUT2D eigenvalue weighted by Gasteiger charge is -2.37. The number of rotatable bonds is 5. The van der Waals surface area contributed by atoms with Crippen LogP contribution >= 0.6 is 0 Å². The maximum atomic E-state index is 12.6. The maximum absolute atomic E-state index is 12.6. The fourth-order valence-electron chi connectivity index (χ4n) is 3.45. The van der Waals surface area contributed by atoms with E-state index >= 15 is 0 Å². The molecule has 20 heavy (non-hydrogen) atoms. The van der Waals surface area contributed by atoms with Crippen LogP contribution in [0.25, 0.3) is 0 Å². The van der Waals surface area contributed by atoms with Gasteiger partial charge in [0.1, 0.15) is 0 Å². The summed E-state index contributed by atoms with van der Waals surface area (Å²) >= 11 is 0. The highest BCUT2D eigenvalue weighted by atomic mass is 16.5. The molecular formula is C16H30N2O2. The van der Waals surface area contributed by atoms with E-state index in [1.807, 2.05) is 0 Å². The Kier molecular flexibility index (Phi) is 6.30. The third kappa shape index (κ3) is 4.45. The van der Waals surface area contributed by atoms with Crippen molar-refractivity contribution in [3.8, 4) is 0 Å². The lowest BCUT2D eigenvalue weighted by molar-refractivity contribution is -0.138. The lowest BCUT2D eigenvalue weighted by Crippen LogP contribution is -2.45. The topological polar surface area (TPSA) is 55.6 Å². The van der Waals surface area contributed by atoms with Crippen molar-refractivity contribution in [1.29, 1.82) is 0 Å². The first-order valence-corrected chi connectivity index (χ1v) is 8.37. The van der Waals surface area contributed by atoms with Crippen molar-refractivity contribution in [2.75, 3.05) is 13.2 Å². The van der Waals surface area contributed by atoms with Crippen LogP contribution in [0.1, 0.15) is 64.7 Å². The zero-order valence-electron chi connectivity index (χ0n) is 12.9. The fraction of sp³-hybridized carbons (Fsp3) is 0.938. The number of carbonyl (C=O) groups excluding carboxylic acids is 1. The summed E-state index contributed by atoms with van der Waals surface area (Å²) in [7, 11) is 0. The highest BCUT2D eigenvalue weighted by Gasteiger charge is 2.29. The van der Waals surface area contributed by atoms with Gasteiger partial charge in [-0.2, -0.15) is 0 Å². The summed E-state index contributed by atoms with van der Waals surface area (Å²) in [6, 6.07) is 0.748. The average Bonchev–Trinajstić information content (AvgIpc) is 2.47. The Balaban J connectivity index is 1.87. The van der Waals surface area contributed by atoms with Gasteiger partial charge in [-0.05, 0) is 51.4 Å². The van der Waals surface area contributed by atoms with Crippen molar-refractivity contribution in [2.24, 2.45) is 5.73 Å². The molecule has 2 N–H and O–H groups in total. The van der Waals surface area contributed by atoms with Crippen LogP contribution in [0.3, 0.4) is 0 Å². The van der Waals surface area contributed by atoms with Gasteiger partial charge in [0.25, 0.3) is 0 Å². The summed E-state index contributed by atoms with van der Waals surface area (Å²) in [4.78, 5) is 14.7. The third-order valence-corrected chi connectivity index (χ3v) is 4.64. The van der Waals surface area contributed by atoms with Gasteiger partial charge in [0, 0.05) is 25.2 Å². The number of ether oxygens (including phenoxy) is 1. The van der Waals surface area contributed by atoms with Crippen LogP contribution in [0.2, 0.25) is 0 Å². The Bertz CT molecular complexity index is 295. The normalized spacial score (nSPS) is 31.0. The number of hydrogen-bond donors (Lipinski definition) is 1. The largest absolute Gasteiger partial charge is 0.378 e. The van der Waals surface area contributed by atoms with Crippen LogP contribution in [0.15, 0.2) is 0 Å². The van der Waals surface area contributed by atoms with E-state index in [0.717, 1.165) is 58.1 Å². The molecule has 4 nitrogen and oxygen atoms in total. The molecule has 1 unspecified atom stereocenters. The molecule has 1 saturated heterocycles. The second kappa shape index (κ2) is 7.99. The molecule has 1 aliphatic carbocycles. The first kappa shape index (κ1) is 15.8.